The molecule has 0 aromatic carbocycles. The Morgan fingerprint density at radius 1 is 1.26 bits per heavy atom. The monoisotopic (exact) mass is 361 g/mol. The Morgan fingerprint density at radius 3 is 2.70 bits per heavy atom. The molecule has 1 aliphatic heterocycles. The normalized spacial score (nSPS) is 13.7. The Kier molecular flexibility index (Phi) is 4.40. The molecule has 0 aliphatic carbocycles. The maximum atomic E-state index is 9.25. The zero-order valence-corrected chi connectivity index (χ0v) is 15.9. The van der Waals surface area contributed by atoms with Crippen molar-refractivity contribution in [2.75, 3.05) is 29.4 Å². The summed E-state index contributed by atoms with van der Waals surface area (Å²) in [7, 11) is 0. The van der Waals surface area contributed by atoms with Crippen LogP contribution in [-0.2, 0) is 0 Å². The molecule has 0 radical (unpaired) electrons. The molecule has 0 N–H and O–H groups in total. The second-order valence-electron chi connectivity index (χ2n) is 7.02. The summed E-state index contributed by atoms with van der Waals surface area (Å²) >= 11 is 0. The van der Waals surface area contributed by atoms with E-state index in [1.54, 1.807) is 24.7 Å². The standard InChI is InChI=1S/C20H23N7/c1-4-26(14(2)3)19-18-16(25-8-5-9-25)12-27(20(18)24-13-23-19)17-10-15(11-21)6-7-22-17/h6-7,10,12-14H,4-5,8-9H2,1-3H3. The van der Waals surface area contributed by atoms with Gasteiger partial charge < -0.3 is 9.80 Å². The van der Waals surface area contributed by atoms with Gasteiger partial charge >= 0.3 is 0 Å². The lowest BCUT2D eigenvalue weighted by molar-refractivity contribution is 0.619. The van der Waals surface area contributed by atoms with Crippen LogP contribution in [0.5, 0.6) is 0 Å². The molecule has 138 valence electrons. The van der Waals surface area contributed by atoms with Crippen molar-refractivity contribution in [3.63, 3.8) is 0 Å². The summed E-state index contributed by atoms with van der Waals surface area (Å²) in [4.78, 5) is 18.3. The average molecular weight is 361 g/mol. The van der Waals surface area contributed by atoms with Crippen LogP contribution in [0.25, 0.3) is 16.9 Å². The molecule has 27 heavy (non-hydrogen) atoms. The van der Waals surface area contributed by atoms with Gasteiger partial charge in [0.05, 0.1) is 22.7 Å². The summed E-state index contributed by atoms with van der Waals surface area (Å²) in [5.74, 6) is 1.65. The number of nitrogens with zero attached hydrogens (tertiary/aromatic N) is 7. The minimum atomic E-state index is 0.334. The Labute approximate surface area is 158 Å². The fourth-order valence-electron chi connectivity index (χ4n) is 3.60. The number of aromatic nitrogens is 4. The number of pyridine rings is 1. The number of nitriles is 1. The molecule has 4 rings (SSSR count). The van der Waals surface area contributed by atoms with Crippen molar-refractivity contribution in [3.8, 4) is 11.9 Å². The van der Waals surface area contributed by atoms with E-state index >= 15 is 0 Å². The summed E-state index contributed by atoms with van der Waals surface area (Å²) in [5, 5.41) is 10.3. The molecule has 0 atom stereocenters. The fraction of sp³-hybridized carbons (Fsp3) is 0.400. The van der Waals surface area contributed by atoms with Gasteiger partial charge in [-0.15, -0.1) is 0 Å². The molecule has 4 heterocycles. The highest BCUT2D eigenvalue weighted by Crippen LogP contribution is 2.38. The van der Waals surface area contributed by atoms with Crippen LogP contribution >= 0.6 is 0 Å². The highest BCUT2D eigenvalue weighted by molar-refractivity contribution is 6.00. The van der Waals surface area contributed by atoms with Gasteiger partial charge in [-0.2, -0.15) is 5.26 Å². The zero-order valence-electron chi connectivity index (χ0n) is 15.9. The Balaban J connectivity index is 1.98. The highest BCUT2D eigenvalue weighted by Gasteiger charge is 2.26. The molecule has 0 saturated carbocycles. The SMILES string of the molecule is CCN(c1ncnc2c1c(N1CCC1)cn2-c1cc(C#N)ccn1)C(C)C. The number of fused-ring (bicyclic) bond motifs is 1. The minimum Gasteiger partial charge on any atom is -0.369 e. The van der Waals surface area contributed by atoms with Crippen molar-refractivity contribution >= 4 is 22.5 Å². The van der Waals surface area contributed by atoms with Crippen molar-refractivity contribution < 1.29 is 0 Å². The smallest absolute Gasteiger partial charge is 0.153 e. The third-order valence-electron chi connectivity index (χ3n) is 5.10. The summed E-state index contributed by atoms with van der Waals surface area (Å²) in [6.45, 7) is 9.44. The maximum absolute atomic E-state index is 9.25. The van der Waals surface area contributed by atoms with Crippen LogP contribution in [0.2, 0.25) is 0 Å². The molecule has 1 aliphatic rings. The van der Waals surface area contributed by atoms with Gasteiger partial charge in [0.1, 0.15) is 18.0 Å². The van der Waals surface area contributed by atoms with E-state index < -0.39 is 0 Å². The molecule has 0 unspecified atom stereocenters. The lowest BCUT2D eigenvalue weighted by atomic mass is 10.1. The van der Waals surface area contributed by atoms with Crippen molar-refractivity contribution in [1.82, 2.24) is 19.5 Å². The van der Waals surface area contributed by atoms with Crippen molar-refractivity contribution in [2.45, 2.75) is 33.2 Å². The quantitative estimate of drug-likeness (QED) is 0.695. The summed E-state index contributed by atoms with van der Waals surface area (Å²) in [6, 6.07) is 6.02. The summed E-state index contributed by atoms with van der Waals surface area (Å²) in [6.07, 6.45) is 6.56. The Hall–Kier alpha value is -3.14. The Morgan fingerprint density at radius 2 is 2.07 bits per heavy atom. The molecular weight excluding hydrogens is 338 g/mol. The molecule has 3 aromatic heterocycles. The number of anilines is 2. The van der Waals surface area contributed by atoms with Crippen LogP contribution in [0, 0.1) is 11.3 Å². The summed E-state index contributed by atoms with van der Waals surface area (Å²) < 4.78 is 1.98. The van der Waals surface area contributed by atoms with E-state index in [1.807, 2.05) is 4.57 Å². The van der Waals surface area contributed by atoms with Crippen LogP contribution in [0.3, 0.4) is 0 Å². The lowest BCUT2D eigenvalue weighted by Crippen LogP contribution is -2.37. The van der Waals surface area contributed by atoms with E-state index in [-0.39, 0.29) is 0 Å². The van der Waals surface area contributed by atoms with E-state index in [0.29, 0.717) is 17.4 Å². The van der Waals surface area contributed by atoms with Gasteiger partial charge in [0.25, 0.3) is 0 Å². The van der Waals surface area contributed by atoms with Gasteiger partial charge in [-0.05, 0) is 39.3 Å². The highest BCUT2D eigenvalue weighted by atomic mass is 15.3. The molecule has 7 nitrogen and oxygen atoms in total. The largest absolute Gasteiger partial charge is 0.369 e. The van der Waals surface area contributed by atoms with Gasteiger partial charge in [0, 0.05) is 38.1 Å². The first-order valence-electron chi connectivity index (χ1n) is 9.38. The van der Waals surface area contributed by atoms with Crippen LogP contribution in [0.15, 0.2) is 30.9 Å². The summed E-state index contributed by atoms with van der Waals surface area (Å²) in [5.41, 5.74) is 2.54. The Bertz CT molecular complexity index is 1010. The first kappa shape index (κ1) is 17.3. The number of hydrogen-bond donors (Lipinski definition) is 0. The van der Waals surface area contributed by atoms with E-state index in [1.165, 1.54) is 6.42 Å². The third kappa shape index (κ3) is 2.87. The zero-order chi connectivity index (χ0) is 19.0. The second-order valence-corrected chi connectivity index (χ2v) is 7.02. The first-order chi connectivity index (χ1) is 13.1. The van der Waals surface area contributed by atoms with Crippen molar-refractivity contribution in [1.29, 1.82) is 5.26 Å². The third-order valence-corrected chi connectivity index (χ3v) is 5.10. The molecule has 7 heteroatoms. The molecule has 3 aromatic rings. The van der Waals surface area contributed by atoms with Gasteiger partial charge in [-0.1, -0.05) is 0 Å². The number of rotatable bonds is 5. The van der Waals surface area contributed by atoms with Crippen LogP contribution in [0.4, 0.5) is 11.5 Å². The van der Waals surface area contributed by atoms with Crippen LogP contribution in [0.1, 0.15) is 32.8 Å². The van der Waals surface area contributed by atoms with Gasteiger partial charge in [-0.3, -0.25) is 4.57 Å². The van der Waals surface area contributed by atoms with Crippen LogP contribution in [-0.4, -0.2) is 45.2 Å². The molecule has 0 spiro atoms. The predicted octanol–water partition coefficient (Wildman–Crippen LogP) is 3.13. The predicted molar refractivity (Wildman–Crippen MR) is 106 cm³/mol. The van der Waals surface area contributed by atoms with Gasteiger partial charge in [0.2, 0.25) is 0 Å². The van der Waals surface area contributed by atoms with Crippen molar-refractivity contribution in [2.24, 2.45) is 0 Å². The van der Waals surface area contributed by atoms with Gasteiger partial charge in [0.15, 0.2) is 5.65 Å². The molecular formula is C20H23N7. The second kappa shape index (κ2) is 6.88. The van der Waals surface area contributed by atoms with Gasteiger partial charge in [-0.25, -0.2) is 15.0 Å². The molecule has 1 saturated heterocycles. The minimum absolute atomic E-state index is 0.334. The average Bonchev–Trinajstić information content (AvgIpc) is 3.01. The van der Waals surface area contributed by atoms with E-state index in [9.17, 15) is 5.26 Å². The van der Waals surface area contributed by atoms with Crippen LogP contribution < -0.4 is 9.80 Å². The number of hydrogen-bond acceptors (Lipinski definition) is 6. The lowest BCUT2D eigenvalue weighted by Gasteiger charge is -2.33. The topological polar surface area (TPSA) is 73.9 Å². The van der Waals surface area contributed by atoms with E-state index in [4.69, 9.17) is 0 Å². The fourth-order valence-corrected chi connectivity index (χ4v) is 3.60. The first-order valence-corrected chi connectivity index (χ1v) is 9.38. The molecule has 0 bridgehead atoms. The maximum Gasteiger partial charge on any atom is 0.153 e. The van der Waals surface area contributed by atoms with E-state index in [0.717, 1.165) is 42.2 Å². The molecule has 0 amide bonds. The molecule has 1 fully saturated rings. The van der Waals surface area contributed by atoms with Crippen molar-refractivity contribution in [3.05, 3.63) is 36.4 Å². The van der Waals surface area contributed by atoms with E-state index in [2.05, 4.69) is 57.8 Å².